The number of hydrogen-bond acceptors (Lipinski definition) is 3. The van der Waals surface area contributed by atoms with Crippen molar-refractivity contribution in [3.8, 4) is 5.75 Å². The van der Waals surface area contributed by atoms with E-state index >= 15 is 0 Å². The van der Waals surface area contributed by atoms with Crippen molar-refractivity contribution in [2.75, 3.05) is 7.11 Å². The maximum atomic E-state index is 13.8. The number of carbonyl (C=O) groups is 1. The molecule has 0 radical (unpaired) electrons. The number of rotatable bonds is 7. The van der Waals surface area contributed by atoms with Crippen molar-refractivity contribution < 1.29 is 19.0 Å². The lowest BCUT2D eigenvalue weighted by molar-refractivity contribution is 0.0603. The van der Waals surface area contributed by atoms with Crippen LogP contribution >= 0.6 is 0 Å². The molecule has 0 spiro atoms. The number of aryl methyl sites for hydroxylation is 1. The lowest BCUT2D eigenvalue weighted by Crippen LogP contribution is -2.03. The van der Waals surface area contributed by atoms with Crippen LogP contribution in [0.2, 0.25) is 0 Å². The molecule has 0 unspecified atom stereocenters. The van der Waals surface area contributed by atoms with Crippen LogP contribution in [0.5, 0.6) is 5.75 Å². The van der Waals surface area contributed by atoms with Crippen LogP contribution in [0.15, 0.2) is 54.6 Å². The first kappa shape index (κ1) is 20.9. The van der Waals surface area contributed by atoms with Crippen LogP contribution in [0.25, 0.3) is 21.8 Å². The van der Waals surface area contributed by atoms with E-state index < -0.39 is 5.97 Å². The SMILES string of the molecule is CCCCCc1cc(O)c2c3c(C(=O)OC)cccc3n(Cc3cccc(F)c3)c2c1. The molecule has 5 heteroatoms. The average Bonchev–Trinajstić information content (AvgIpc) is 3.07. The van der Waals surface area contributed by atoms with Crippen LogP contribution < -0.4 is 0 Å². The molecule has 1 aromatic heterocycles. The van der Waals surface area contributed by atoms with E-state index in [2.05, 4.69) is 13.0 Å². The number of esters is 1. The molecular weight excluding hydrogens is 393 g/mol. The number of phenolic OH excluding ortho intramolecular Hbond substituents is 1. The van der Waals surface area contributed by atoms with Crippen LogP contribution in [0.4, 0.5) is 4.39 Å². The fraction of sp³-hybridized carbons (Fsp3) is 0.269. The van der Waals surface area contributed by atoms with E-state index in [0.717, 1.165) is 47.8 Å². The molecule has 3 aromatic carbocycles. The Labute approximate surface area is 180 Å². The molecule has 4 aromatic rings. The first-order valence-electron chi connectivity index (χ1n) is 10.6. The summed E-state index contributed by atoms with van der Waals surface area (Å²) < 4.78 is 20.9. The molecule has 1 heterocycles. The topological polar surface area (TPSA) is 51.5 Å². The zero-order valence-electron chi connectivity index (χ0n) is 17.8. The van der Waals surface area contributed by atoms with Gasteiger partial charge in [-0.05, 0) is 60.4 Å². The van der Waals surface area contributed by atoms with Crippen molar-refractivity contribution in [2.24, 2.45) is 0 Å². The highest BCUT2D eigenvalue weighted by molar-refractivity contribution is 6.19. The number of carbonyl (C=O) groups excluding carboxylic acids is 1. The summed E-state index contributed by atoms with van der Waals surface area (Å²) in [6.07, 6.45) is 4.15. The second kappa shape index (κ2) is 8.80. The third-order valence-corrected chi connectivity index (χ3v) is 5.73. The second-order valence-electron chi connectivity index (χ2n) is 7.87. The summed E-state index contributed by atoms with van der Waals surface area (Å²) in [6.45, 7) is 2.58. The zero-order valence-corrected chi connectivity index (χ0v) is 17.8. The number of aromatic hydroxyl groups is 1. The number of ether oxygens (including phenoxy) is 1. The van der Waals surface area contributed by atoms with Gasteiger partial charge in [0.2, 0.25) is 0 Å². The standard InChI is InChI=1S/C26H26FNO3/c1-3-4-5-8-17-14-22-25(23(29)15-17)24-20(26(30)31-2)11-7-12-21(24)28(22)16-18-9-6-10-19(27)13-18/h6-7,9-15,29H,3-5,8,16H2,1-2H3. The van der Waals surface area contributed by atoms with Gasteiger partial charge in [0.25, 0.3) is 0 Å². The van der Waals surface area contributed by atoms with Gasteiger partial charge in [0.1, 0.15) is 11.6 Å². The summed E-state index contributed by atoms with van der Waals surface area (Å²) in [5, 5.41) is 12.3. The highest BCUT2D eigenvalue weighted by Gasteiger charge is 2.21. The van der Waals surface area contributed by atoms with Crippen LogP contribution in [0, 0.1) is 5.82 Å². The molecule has 0 bridgehead atoms. The molecule has 0 fully saturated rings. The molecule has 0 saturated heterocycles. The number of methoxy groups -OCH3 is 1. The van der Waals surface area contributed by atoms with Crippen LogP contribution in [0.3, 0.4) is 0 Å². The lowest BCUT2D eigenvalue weighted by atomic mass is 10.0. The summed E-state index contributed by atoms with van der Waals surface area (Å²) in [7, 11) is 1.35. The van der Waals surface area contributed by atoms with Crippen LogP contribution in [-0.4, -0.2) is 22.8 Å². The minimum absolute atomic E-state index is 0.142. The van der Waals surface area contributed by atoms with E-state index in [1.165, 1.54) is 19.2 Å². The third kappa shape index (κ3) is 4.00. The molecule has 4 rings (SSSR count). The molecule has 1 N–H and O–H groups in total. The monoisotopic (exact) mass is 419 g/mol. The highest BCUT2D eigenvalue weighted by atomic mass is 19.1. The van der Waals surface area contributed by atoms with Crippen LogP contribution in [-0.2, 0) is 17.7 Å². The lowest BCUT2D eigenvalue weighted by Gasteiger charge is -2.10. The largest absolute Gasteiger partial charge is 0.507 e. The van der Waals surface area contributed by atoms with E-state index in [9.17, 15) is 14.3 Å². The molecule has 0 atom stereocenters. The predicted octanol–water partition coefficient (Wildman–Crippen LogP) is 6.21. The number of fused-ring (bicyclic) bond motifs is 3. The van der Waals surface area contributed by atoms with Gasteiger partial charge in [0, 0.05) is 11.9 Å². The van der Waals surface area contributed by atoms with E-state index in [-0.39, 0.29) is 11.6 Å². The van der Waals surface area contributed by atoms with Gasteiger partial charge in [-0.25, -0.2) is 9.18 Å². The van der Waals surface area contributed by atoms with Crippen molar-refractivity contribution in [1.82, 2.24) is 4.57 Å². The molecule has 0 amide bonds. The van der Waals surface area contributed by atoms with Crippen molar-refractivity contribution in [3.05, 3.63) is 77.1 Å². The molecule has 31 heavy (non-hydrogen) atoms. The fourth-order valence-electron chi connectivity index (χ4n) is 4.29. The normalized spacial score (nSPS) is 11.3. The van der Waals surface area contributed by atoms with Gasteiger partial charge in [-0.3, -0.25) is 0 Å². The molecule has 0 saturated carbocycles. The summed E-state index contributed by atoms with van der Waals surface area (Å²) in [6, 6.07) is 15.8. The Morgan fingerprint density at radius 1 is 1.00 bits per heavy atom. The summed E-state index contributed by atoms with van der Waals surface area (Å²) in [5.41, 5.74) is 3.86. The van der Waals surface area contributed by atoms with Gasteiger partial charge in [0.15, 0.2) is 0 Å². The Kier molecular flexibility index (Phi) is 5.94. The molecule has 0 aliphatic heterocycles. The summed E-state index contributed by atoms with van der Waals surface area (Å²) >= 11 is 0. The number of benzene rings is 3. The summed E-state index contributed by atoms with van der Waals surface area (Å²) in [5.74, 6) is -0.609. The number of halogens is 1. The first-order chi connectivity index (χ1) is 15.0. The molecule has 0 aliphatic carbocycles. The molecule has 160 valence electrons. The van der Waals surface area contributed by atoms with Crippen molar-refractivity contribution in [3.63, 3.8) is 0 Å². The van der Waals surface area contributed by atoms with Crippen LogP contribution in [0.1, 0.15) is 47.7 Å². The number of aromatic nitrogens is 1. The predicted molar refractivity (Wildman–Crippen MR) is 121 cm³/mol. The maximum Gasteiger partial charge on any atom is 0.338 e. The minimum atomic E-state index is -0.457. The third-order valence-electron chi connectivity index (χ3n) is 5.73. The van der Waals surface area contributed by atoms with Gasteiger partial charge in [-0.1, -0.05) is 38.0 Å². The van der Waals surface area contributed by atoms with Crippen molar-refractivity contribution >= 4 is 27.8 Å². The van der Waals surface area contributed by atoms with Gasteiger partial charge in [-0.15, -0.1) is 0 Å². The van der Waals surface area contributed by atoms with Gasteiger partial charge >= 0.3 is 5.97 Å². The molecule has 4 nitrogen and oxygen atoms in total. The fourth-order valence-corrected chi connectivity index (χ4v) is 4.29. The first-order valence-corrected chi connectivity index (χ1v) is 10.6. The second-order valence-corrected chi connectivity index (χ2v) is 7.87. The Balaban J connectivity index is 1.98. The number of phenols is 1. The molecular formula is C26H26FNO3. The van der Waals surface area contributed by atoms with Crippen molar-refractivity contribution in [2.45, 2.75) is 39.2 Å². The smallest absolute Gasteiger partial charge is 0.338 e. The maximum absolute atomic E-state index is 13.8. The number of nitrogens with zero attached hydrogens (tertiary/aromatic N) is 1. The molecule has 0 aliphatic rings. The Morgan fingerprint density at radius 2 is 1.81 bits per heavy atom. The highest BCUT2D eigenvalue weighted by Crippen LogP contribution is 2.39. The van der Waals surface area contributed by atoms with Gasteiger partial charge in [0.05, 0.1) is 29.1 Å². The van der Waals surface area contributed by atoms with Gasteiger partial charge < -0.3 is 14.4 Å². The zero-order chi connectivity index (χ0) is 22.0. The summed E-state index contributed by atoms with van der Waals surface area (Å²) in [4.78, 5) is 12.5. The van der Waals surface area contributed by atoms with Crippen molar-refractivity contribution in [1.29, 1.82) is 0 Å². The Hall–Kier alpha value is -3.34. The Bertz CT molecular complexity index is 1260. The van der Waals surface area contributed by atoms with E-state index in [0.29, 0.717) is 22.9 Å². The van der Waals surface area contributed by atoms with E-state index in [4.69, 9.17) is 4.74 Å². The quantitative estimate of drug-likeness (QED) is 0.286. The minimum Gasteiger partial charge on any atom is -0.507 e. The van der Waals surface area contributed by atoms with E-state index in [1.807, 2.05) is 16.7 Å². The Morgan fingerprint density at radius 3 is 2.55 bits per heavy atom. The number of hydrogen-bond donors (Lipinski definition) is 1. The number of unbranched alkanes of at least 4 members (excludes halogenated alkanes) is 2. The van der Waals surface area contributed by atoms with E-state index in [1.54, 1.807) is 24.3 Å². The van der Waals surface area contributed by atoms with Gasteiger partial charge in [-0.2, -0.15) is 0 Å². The average molecular weight is 419 g/mol.